The van der Waals surface area contributed by atoms with Gasteiger partial charge in [-0.05, 0) is 24.0 Å². The van der Waals surface area contributed by atoms with Gasteiger partial charge in [0.1, 0.15) is 6.04 Å². The average molecular weight is 440 g/mol. The summed E-state index contributed by atoms with van der Waals surface area (Å²) in [5.41, 5.74) is 3.14. The predicted molar refractivity (Wildman–Crippen MR) is 92.3 cm³/mol. The van der Waals surface area contributed by atoms with Crippen LogP contribution in [0.4, 0.5) is 5.69 Å². The van der Waals surface area contributed by atoms with Crippen molar-refractivity contribution in [1.82, 2.24) is 0 Å². The number of hydrogen-bond donors (Lipinski definition) is 2. The van der Waals surface area contributed by atoms with Crippen molar-refractivity contribution >= 4 is 5.69 Å². The second kappa shape index (κ2) is 5.58. The molecule has 2 bridgehead atoms. The number of benzene rings is 1. The number of hydrogen-bond acceptors (Lipinski definition) is 2. The van der Waals surface area contributed by atoms with E-state index in [0.29, 0.717) is 24.5 Å². The van der Waals surface area contributed by atoms with Gasteiger partial charge in [-0.1, -0.05) is 25.1 Å². The number of rotatable bonds is 2. The molecule has 4 heteroatoms. The summed E-state index contributed by atoms with van der Waals surface area (Å²) in [5, 5.41) is 14.2. The van der Waals surface area contributed by atoms with E-state index in [2.05, 4.69) is 43.6 Å². The summed E-state index contributed by atoms with van der Waals surface area (Å²) in [4.78, 5) is 0. The van der Waals surface area contributed by atoms with E-state index in [1.165, 1.54) is 42.5 Å². The zero-order valence-corrected chi connectivity index (χ0v) is 16.9. The number of fused-ring (bicyclic) bond motifs is 2. The minimum Gasteiger partial charge on any atom is -1.00 e. The van der Waals surface area contributed by atoms with Crippen LogP contribution >= 0.6 is 0 Å². The highest BCUT2D eigenvalue weighted by molar-refractivity contribution is 5.64. The minimum absolute atomic E-state index is 0. The summed E-state index contributed by atoms with van der Waals surface area (Å²) in [6.45, 7) is 5.31. The van der Waals surface area contributed by atoms with E-state index < -0.39 is 0 Å². The number of likely N-dealkylation sites (N-methyl/N-ethyl adjacent to an activating group) is 1. The molecule has 3 nitrogen and oxygen atoms in total. The van der Waals surface area contributed by atoms with Gasteiger partial charge >= 0.3 is 0 Å². The molecule has 1 aromatic carbocycles. The zero-order valence-electron chi connectivity index (χ0n) is 14.7. The van der Waals surface area contributed by atoms with E-state index in [4.69, 9.17) is 0 Å². The molecule has 7 atom stereocenters. The maximum atomic E-state index is 10.3. The van der Waals surface area contributed by atoms with Gasteiger partial charge in [0.25, 0.3) is 0 Å². The second-order valence-corrected chi connectivity index (χ2v) is 8.77. The average Bonchev–Trinajstić information content (AvgIpc) is 3.08. The molecule has 0 radical (unpaired) electrons. The molecule has 0 aromatic heterocycles. The number of anilines is 1. The van der Waals surface area contributed by atoms with Gasteiger partial charge in [0.05, 0.1) is 25.6 Å². The molecule has 24 heavy (non-hydrogen) atoms. The van der Waals surface area contributed by atoms with Crippen molar-refractivity contribution < 1.29 is 33.6 Å². The largest absolute Gasteiger partial charge is 1.00 e. The fourth-order valence-corrected chi connectivity index (χ4v) is 7.21. The number of aliphatic hydroxyl groups excluding tert-OH is 1. The molecule has 5 rings (SSSR count). The van der Waals surface area contributed by atoms with Crippen molar-refractivity contribution in [3.63, 3.8) is 0 Å². The highest BCUT2D eigenvalue weighted by Crippen LogP contribution is 2.63. The van der Waals surface area contributed by atoms with Crippen LogP contribution in [0.3, 0.4) is 0 Å². The van der Waals surface area contributed by atoms with Gasteiger partial charge < -0.3 is 38.9 Å². The number of piperidine rings is 1. The van der Waals surface area contributed by atoms with Gasteiger partial charge in [-0.25, -0.2) is 0 Å². The van der Waals surface area contributed by atoms with Crippen LogP contribution in [-0.2, 0) is 5.41 Å². The van der Waals surface area contributed by atoms with Crippen molar-refractivity contribution in [2.24, 2.45) is 17.8 Å². The van der Waals surface area contributed by atoms with E-state index in [9.17, 15) is 5.11 Å². The smallest absolute Gasteiger partial charge is 0.101 e. The summed E-state index contributed by atoms with van der Waals surface area (Å²) in [6.07, 6.45) is 3.85. The van der Waals surface area contributed by atoms with Crippen LogP contribution in [-0.4, -0.2) is 48.4 Å². The third kappa shape index (κ3) is 1.85. The Morgan fingerprint density at radius 1 is 1.33 bits per heavy atom. The molecular weight excluding hydrogens is 411 g/mol. The Labute approximate surface area is 162 Å². The first-order valence-corrected chi connectivity index (χ1v) is 9.45. The van der Waals surface area contributed by atoms with Crippen LogP contribution in [0.1, 0.15) is 31.7 Å². The van der Waals surface area contributed by atoms with Crippen LogP contribution in [0, 0.1) is 17.8 Å². The normalized spacial score (nSPS) is 47.4. The lowest BCUT2D eigenvalue weighted by Crippen LogP contribution is -3.00. The molecule has 1 aromatic rings. The summed E-state index contributed by atoms with van der Waals surface area (Å²) in [6, 6.07) is 10.1. The molecule has 4 aliphatic rings. The Bertz CT molecular complexity index is 652. The lowest BCUT2D eigenvalue weighted by molar-refractivity contribution is -0.934. The minimum atomic E-state index is 0. The molecule has 3 fully saturated rings. The Hall–Kier alpha value is -0.330. The van der Waals surface area contributed by atoms with Gasteiger partial charge in [-0.3, -0.25) is 0 Å². The second-order valence-electron chi connectivity index (χ2n) is 8.77. The van der Waals surface area contributed by atoms with Crippen LogP contribution in [0.15, 0.2) is 24.3 Å². The number of quaternary nitrogens is 1. The fraction of sp³-hybridized carbons (Fsp3) is 0.700. The summed E-state index contributed by atoms with van der Waals surface area (Å²) >= 11 is 0. The van der Waals surface area contributed by atoms with Crippen molar-refractivity contribution in [3.05, 3.63) is 29.8 Å². The topological polar surface area (TPSA) is 32.3 Å². The third-order valence-corrected chi connectivity index (χ3v) is 8.14. The first-order valence-electron chi connectivity index (χ1n) is 9.45. The number of para-hydroxylation sites is 1. The van der Waals surface area contributed by atoms with E-state index in [1.54, 1.807) is 5.56 Å². The predicted octanol–water partition coefficient (Wildman–Crippen LogP) is -0.390. The summed E-state index contributed by atoms with van der Waals surface area (Å²) in [5.74, 6) is 1.88. The Morgan fingerprint density at radius 2 is 2.12 bits per heavy atom. The number of nitrogens with zero attached hydrogens (tertiary/aromatic N) is 1. The van der Waals surface area contributed by atoms with E-state index in [-0.39, 0.29) is 29.4 Å². The Balaban J connectivity index is 0.00000146. The highest BCUT2D eigenvalue weighted by atomic mass is 127. The fourth-order valence-electron chi connectivity index (χ4n) is 7.21. The maximum absolute atomic E-state index is 10.3. The molecule has 1 saturated carbocycles. The monoisotopic (exact) mass is 440 g/mol. The lowest BCUT2D eigenvalue weighted by Gasteiger charge is -2.58. The van der Waals surface area contributed by atoms with Gasteiger partial charge in [0.15, 0.2) is 0 Å². The van der Waals surface area contributed by atoms with E-state index in [1.807, 2.05) is 0 Å². The standard InChI is InChI=1S/C20H29N2O.HI/c1-3-13-11-22(2)9-8-20-16-6-4-5-7-17(16)21-19(20)15(12-23)14(13)10-18(20)22;/h4-7,13-15,18-19,21,23H,3,8-12H2,1-2H3;1H/q+1;/p-1/t13-,14+,15+,18+,19+,20-,22?;/m1./s1. The van der Waals surface area contributed by atoms with Gasteiger partial charge in [-0.15, -0.1) is 0 Å². The molecule has 1 unspecified atom stereocenters. The SMILES string of the molecule is CC[C@@H]1C[N+]2(C)CC[C@]34c5ccccc5N[C@H]3[C@@H](CO)[C@H]1C[C@@H]42.[I-]. The van der Waals surface area contributed by atoms with Crippen LogP contribution in [0.2, 0.25) is 0 Å². The van der Waals surface area contributed by atoms with Crippen LogP contribution in [0.5, 0.6) is 0 Å². The van der Waals surface area contributed by atoms with Gasteiger partial charge in [0, 0.05) is 43.0 Å². The van der Waals surface area contributed by atoms with E-state index >= 15 is 0 Å². The van der Waals surface area contributed by atoms with Crippen molar-refractivity contribution in [3.8, 4) is 0 Å². The summed E-state index contributed by atoms with van der Waals surface area (Å²) < 4.78 is 1.26. The van der Waals surface area contributed by atoms with Crippen LogP contribution in [0.25, 0.3) is 0 Å². The van der Waals surface area contributed by atoms with Gasteiger partial charge in [0.2, 0.25) is 0 Å². The first-order chi connectivity index (χ1) is 11.1. The number of nitrogens with one attached hydrogen (secondary N) is 1. The zero-order chi connectivity index (χ0) is 15.8. The molecule has 2 N–H and O–H groups in total. The molecule has 0 amide bonds. The van der Waals surface area contributed by atoms with Crippen molar-refractivity contribution in [1.29, 1.82) is 0 Å². The first kappa shape index (κ1) is 17.1. The lowest BCUT2D eigenvalue weighted by atomic mass is 9.54. The maximum Gasteiger partial charge on any atom is 0.101 e. The molecule has 3 aliphatic heterocycles. The van der Waals surface area contributed by atoms with Crippen molar-refractivity contribution in [2.45, 2.75) is 43.7 Å². The van der Waals surface area contributed by atoms with Crippen molar-refractivity contribution in [2.75, 3.05) is 32.1 Å². The number of aliphatic hydroxyl groups is 1. The molecule has 2 saturated heterocycles. The van der Waals surface area contributed by atoms with E-state index in [0.717, 1.165) is 12.0 Å². The van der Waals surface area contributed by atoms with Crippen LogP contribution < -0.4 is 29.3 Å². The molecule has 3 heterocycles. The quantitative estimate of drug-likeness (QED) is 0.485. The molecule has 1 spiro atoms. The molecular formula is C20H29IN2O. The number of halogens is 1. The Morgan fingerprint density at radius 3 is 2.88 bits per heavy atom. The Kier molecular flexibility index (Phi) is 3.98. The molecule has 1 aliphatic carbocycles. The highest BCUT2D eigenvalue weighted by Gasteiger charge is 2.71. The summed E-state index contributed by atoms with van der Waals surface area (Å²) in [7, 11) is 2.51. The molecule has 132 valence electrons. The van der Waals surface area contributed by atoms with Gasteiger partial charge in [-0.2, -0.15) is 0 Å². The third-order valence-electron chi connectivity index (χ3n) is 8.14.